The normalized spacial score (nSPS) is 37.5. The molecule has 0 spiro atoms. The molecule has 10 nitrogen and oxygen atoms in total. The molecule has 2 saturated heterocycles. The summed E-state index contributed by atoms with van der Waals surface area (Å²) in [5.41, 5.74) is -0.403. The summed E-state index contributed by atoms with van der Waals surface area (Å²) in [7, 11) is 2.07. The molecule has 2 heterocycles. The number of esters is 1. The van der Waals surface area contributed by atoms with E-state index in [-0.39, 0.29) is 49.1 Å². The third-order valence-electron chi connectivity index (χ3n) is 13.6. The first-order chi connectivity index (χ1) is 25.1. The van der Waals surface area contributed by atoms with Crippen molar-refractivity contribution in [1.82, 2.24) is 5.32 Å². The minimum absolute atomic E-state index is 0.0442. The van der Waals surface area contributed by atoms with E-state index in [4.69, 9.17) is 9.47 Å². The summed E-state index contributed by atoms with van der Waals surface area (Å²) in [6.45, 7) is 11.4. The Bertz CT molecular complexity index is 1410. The molecule has 10 atom stereocenters. The number of hydrogen-bond donors (Lipinski definition) is 5. The van der Waals surface area contributed by atoms with Crippen molar-refractivity contribution < 1.29 is 44.9 Å². The van der Waals surface area contributed by atoms with Crippen molar-refractivity contribution in [3.8, 4) is 0 Å². The number of ketones is 2. The number of aliphatic hydroxyl groups is 1. The van der Waals surface area contributed by atoms with Gasteiger partial charge in [0.25, 0.3) is 5.60 Å². The van der Waals surface area contributed by atoms with Crippen LogP contribution in [0.1, 0.15) is 105 Å². The summed E-state index contributed by atoms with van der Waals surface area (Å²) in [6.07, 6.45) is 17.7. The number of piperidine rings is 1. The van der Waals surface area contributed by atoms with Crippen LogP contribution in [-0.4, -0.2) is 86.1 Å². The number of fused-ring (bicyclic) bond motifs is 3. The molecule has 6 aliphatic rings. The predicted octanol–water partition coefficient (Wildman–Crippen LogP) is 1.65. The number of rotatable bonds is 16. The average molecular weight is 726 g/mol. The van der Waals surface area contributed by atoms with Gasteiger partial charge in [0, 0.05) is 30.6 Å². The number of nitrogens with one attached hydrogen (secondary N) is 1. The zero-order valence-electron chi connectivity index (χ0n) is 32.7. The fraction of sp³-hybridized carbons (Fsp3) is 0.786. The Morgan fingerprint density at radius 1 is 1.15 bits per heavy atom. The number of likely N-dealkylation sites (N-methyl/N-ethyl adjacent to an activating group) is 1. The number of nitrogens with two attached hydrogens (primary N) is 3. The maximum atomic E-state index is 14.9. The van der Waals surface area contributed by atoms with Crippen LogP contribution in [0.25, 0.3) is 0 Å². The number of allylic oxidation sites excluding steroid dienone is 4. The molecule has 0 aromatic carbocycles. The van der Waals surface area contributed by atoms with Crippen LogP contribution >= 0.6 is 0 Å². The Balaban J connectivity index is 1.24. The Labute approximate surface area is 311 Å². The van der Waals surface area contributed by atoms with Gasteiger partial charge in [-0.05, 0) is 113 Å². The second-order valence-corrected chi connectivity index (χ2v) is 17.5. The zero-order chi connectivity index (χ0) is 37.0. The van der Waals surface area contributed by atoms with E-state index in [9.17, 15) is 19.5 Å². The van der Waals surface area contributed by atoms with Gasteiger partial charge in [-0.15, -0.1) is 0 Å². The van der Waals surface area contributed by atoms with Gasteiger partial charge in [0.15, 0.2) is 17.2 Å². The largest absolute Gasteiger partial charge is 0.463 e. The summed E-state index contributed by atoms with van der Waals surface area (Å²) in [5, 5.41) is 21.2. The Kier molecular flexibility index (Phi) is 13.0. The highest BCUT2D eigenvalue weighted by molar-refractivity contribution is 6.23. The molecule has 4 fully saturated rings. The zero-order valence-corrected chi connectivity index (χ0v) is 32.7. The summed E-state index contributed by atoms with van der Waals surface area (Å²) < 4.78 is 12.7. The molecule has 52 heavy (non-hydrogen) atoms. The van der Waals surface area contributed by atoms with E-state index in [1.165, 1.54) is 5.57 Å². The van der Waals surface area contributed by atoms with Gasteiger partial charge in [-0.3, -0.25) is 9.59 Å². The monoisotopic (exact) mass is 726 g/mol. The van der Waals surface area contributed by atoms with Crippen molar-refractivity contribution in [3.63, 3.8) is 0 Å². The van der Waals surface area contributed by atoms with E-state index in [1.54, 1.807) is 0 Å². The van der Waals surface area contributed by atoms with E-state index < -0.39 is 29.0 Å². The minimum atomic E-state index is -1.93. The smallest absolute Gasteiger partial charge is 0.350 e. The molecule has 2 saturated carbocycles. The standard InChI is InChI=1S/C42H66N4O6/c1-6-44-35-21-30-11-8-7-10-29(30)20-32(35)24-51-40(50)42-39(49)37-31(18-26(2)3)12-9-13-34(37)38(48)41(42,52-42)22-33(23-47)27(4)14-15-28-16-17-45-36(19-28)46-25-43-5/h8,11,21,26,28-29,31-32,34-37,43-47H,6-7,9-10,12-20,22-25H2,1-5H3/p+3. The summed E-state index contributed by atoms with van der Waals surface area (Å²) in [4.78, 5) is 44.2. The molecule has 4 aliphatic carbocycles. The van der Waals surface area contributed by atoms with Crippen molar-refractivity contribution in [2.24, 2.45) is 41.4 Å². The predicted molar refractivity (Wildman–Crippen MR) is 198 cm³/mol. The first kappa shape index (κ1) is 39.5. The van der Waals surface area contributed by atoms with E-state index >= 15 is 0 Å². The number of hydrogen-bond acceptors (Lipinski definition) is 7. The van der Waals surface area contributed by atoms with Gasteiger partial charge in [-0.25, -0.2) is 10.1 Å². The molecule has 10 unspecified atom stereocenters. The van der Waals surface area contributed by atoms with Crippen LogP contribution in [0.3, 0.4) is 0 Å². The fourth-order valence-corrected chi connectivity index (χ4v) is 10.8. The molecular formula is C42H69N4O6+3. The number of epoxide rings is 1. The highest BCUT2D eigenvalue weighted by Gasteiger charge is 2.87. The number of carbonyl (C=O) groups excluding carboxylic acids is 3. The van der Waals surface area contributed by atoms with Gasteiger partial charge < -0.3 is 30.5 Å². The summed E-state index contributed by atoms with van der Waals surface area (Å²) >= 11 is 0. The molecule has 2 aliphatic heterocycles. The molecule has 0 aromatic heterocycles. The molecule has 0 aromatic rings. The van der Waals surface area contributed by atoms with E-state index in [2.05, 4.69) is 67.3 Å². The molecular weight excluding hydrogens is 656 g/mol. The van der Waals surface area contributed by atoms with Crippen LogP contribution in [-0.2, 0) is 23.9 Å². The SMILES string of the molecule is CC[NH2+]C1C=C2C=CCCC2CC1COC(=O)C12OC1(CC(CO)=C(C)CCC1CC[NH2+]C(NC[NH2+]C)C1)C(=O)C1CCCC(CC(C)C)C1C2=O. The molecule has 6 rings (SSSR count). The third kappa shape index (κ3) is 7.80. The Morgan fingerprint density at radius 3 is 2.73 bits per heavy atom. The van der Waals surface area contributed by atoms with E-state index in [1.807, 2.05) is 6.92 Å². The van der Waals surface area contributed by atoms with Gasteiger partial charge in [-0.1, -0.05) is 38.0 Å². The van der Waals surface area contributed by atoms with Crippen molar-refractivity contribution in [2.75, 3.05) is 40.0 Å². The maximum Gasteiger partial charge on any atom is 0.350 e. The lowest BCUT2D eigenvalue weighted by atomic mass is 9.56. The van der Waals surface area contributed by atoms with Gasteiger partial charge in [0.2, 0.25) is 0 Å². The quantitative estimate of drug-likeness (QED) is 0.0533. The van der Waals surface area contributed by atoms with E-state index in [0.29, 0.717) is 35.9 Å². The third-order valence-corrected chi connectivity index (χ3v) is 13.6. The lowest BCUT2D eigenvalue weighted by Gasteiger charge is -2.42. The lowest BCUT2D eigenvalue weighted by Crippen LogP contribution is -2.97. The number of ether oxygens (including phenoxy) is 2. The van der Waals surface area contributed by atoms with Crippen molar-refractivity contribution in [1.29, 1.82) is 0 Å². The van der Waals surface area contributed by atoms with Crippen molar-refractivity contribution in [2.45, 2.75) is 128 Å². The first-order valence-corrected chi connectivity index (χ1v) is 20.9. The average Bonchev–Trinajstić information content (AvgIpc) is 3.85. The summed E-state index contributed by atoms with van der Waals surface area (Å²) in [6, 6.07) is 0.181. The number of quaternary nitrogens is 3. The second-order valence-electron chi connectivity index (χ2n) is 17.5. The molecule has 0 bridgehead atoms. The van der Waals surface area contributed by atoms with Crippen LogP contribution in [0.15, 0.2) is 34.9 Å². The lowest BCUT2D eigenvalue weighted by molar-refractivity contribution is -0.716. The van der Waals surface area contributed by atoms with Crippen LogP contribution < -0.4 is 21.3 Å². The summed E-state index contributed by atoms with van der Waals surface area (Å²) in [5.74, 6) is -0.496. The maximum absolute atomic E-state index is 14.9. The van der Waals surface area contributed by atoms with Gasteiger partial charge >= 0.3 is 5.97 Å². The molecule has 10 heteroatoms. The van der Waals surface area contributed by atoms with Crippen LogP contribution in [0.2, 0.25) is 0 Å². The highest BCUT2D eigenvalue weighted by Crippen LogP contribution is 2.63. The first-order valence-electron chi connectivity index (χ1n) is 20.9. The molecule has 0 radical (unpaired) electrons. The Hall–Kier alpha value is -2.21. The Morgan fingerprint density at radius 2 is 1.98 bits per heavy atom. The van der Waals surface area contributed by atoms with Crippen LogP contribution in [0.4, 0.5) is 0 Å². The molecule has 0 amide bonds. The molecule has 290 valence electrons. The number of carbonyl (C=O) groups is 3. The fourth-order valence-electron chi connectivity index (χ4n) is 10.8. The van der Waals surface area contributed by atoms with Crippen LogP contribution in [0.5, 0.6) is 0 Å². The minimum Gasteiger partial charge on any atom is -0.463 e. The highest BCUT2D eigenvalue weighted by atomic mass is 16.7. The topological polar surface area (TPSA) is 155 Å². The van der Waals surface area contributed by atoms with Crippen molar-refractivity contribution in [3.05, 3.63) is 34.9 Å². The number of aliphatic hydroxyl groups excluding tert-OH is 1. The molecule has 8 N–H and O–H groups in total. The van der Waals surface area contributed by atoms with Crippen LogP contribution in [0, 0.1) is 41.4 Å². The second kappa shape index (κ2) is 17.1. The van der Waals surface area contributed by atoms with Gasteiger partial charge in [0.05, 0.1) is 26.7 Å². The van der Waals surface area contributed by atoms with Gasteiger partial charge in [-0.2, -0.15) is 0 Å². The van der Waals surface area contributed by atoms with Gasteiger partial charge in [0.1, 0.15) is 25.5 Å². The number of Topliss-reactive ketones (excluding diaryl/α,β-unsaturated/α-hetero) is 2. The van der Waals surface area contributed by atoms with Crippen molar-refractivity contribution >= 4 is 17.5 Å². The van der Waals surface area contributed by atoms with E-state index in [0.717, 1.165) is 89.5 Å².